The number of thiazole rings is 1. The molecule has 0 saturated heterocycles. The van der Waals surface area contributed by atoms with Crippen LogP contribution in [-0.2, 0) is 12.3 Å². The molecule has 0 unspecified atom stereocenters. The molecule has 0 amide bonds. The average molecular weight is 506 g/mol. The van der Waals surface area contributed by atoms with Gasteiger partial charge in [-0.1, -0.05) is 17.8 Å². The topological polar surface area (TPSA) is 65.3 Å². The molecule has 180 valence electrons. The Morgan fingerprint density at radius 2 is 1.83 bits per heavy atom. The predicted molar refractivity (Wildman–Crippen MR) is 142 cm³/mol. The highest BCUT2D eigenvalue weighted by Crippen LogP contribution is 2.37. The highest BCUT2D eigenvalue weighted by atomic mass is 32.2. The van der Waals surface area contributed by atoms with Crippen LogP contribution in [0, 0.1) is 0 Å². The van der Waals surface area contributed by atoms with Crippen LogP contribution in [0.15, 0.2) is 65.7 Å². The van der Waals surface area contributed by atoms with Gasteiger partial charge in [0.15, 0.2) is 22.5 Å². The number of hydrogen-bond acceptors (Lipinski definition) is 8. The Labute approximate surface area is 213 Å². The lowest BCUT2D eigenvalue weighted by atomic mass is 10.2. The number of hydrogen-bond donors (Lipinski definition) is 0. The van der Waals surface area contributed by atoms with Crippen molar-refractivity contribution in [1.29, 1.82) is 0 Å². The fourth-order valence-corrected chi connectivity index (χ4v) is 5.75. The standard InChI is InChI=1S/C26H27N5O2S2/c1-4-13-31-24(18-7-10-21(11-8-18)30(5-2)6-3)28-29-26(31)35-16-20-15-34-25(27-20)19-9-12-22-23(14-19)33-17-32-22/h4,7-12,14-15H,1,5-6,13,16-17H2,2-3H3. The van der Waals surface area contributed by atoms with Crippen molar-refractivity contribution in [3.8, 4) is 33.5 Å². The van der Waals surface area contributed by atoms with Crippen LogP contribution in [0.3, 0.4) is 0 Å². The lowest BCUT2D eigenvalue weighted by Crippen LogP contribution is -2.21. The molecule has 4 aromatic rings. The molecule has 2 aromatic carbocycles. The number of allylic oxidation sites excluding steroid dienone is 1. The van der Waals surface area contributed by atoms with E-state index in [1.807, 2.05) is 24.3 Å². The van der Waals surface area contributed by atoms with Gasteiger partial charge in [0.1, 0.15) is 5.01 Å². The first-order valence-corrected chi connectivity index (χ1v) is 13.4. The van der Waals surface area contributed by atoms with E-state index in [9.17, 15) is 0 Å². The highest BCUT2D eigenvalue weighted by molar-refractivity contribution is 7.98. The van der Waals surface area contributed by atoms with Gasteiger partial charge in [-0.2, -0.15) is 0 Å². The molecule has 1 aliphatic heterocycles. The maximum absolute atomic E-state index is 5.50. The molecular weight excluding hydrogens is 478 g/mol. The van der Waals surface area contributed by atoms with E-state index >= 15 is 0 Å². The van der Waals surface area contributed by atoms with Gasteiger partial charge >= 0.3 is 0 Å². The number of benzene rings is 2. The molecule has 0 spiro atoms. The van der Waals surface area contributed by atoms with E-state index in [0.29, 0.717) is 12.3 Å². The van der Waals surface area contributed by atoms with Gasteiger partial charge in [0, 0.05) is 47.6 Å². The number of aromatic nitrogens is 4. The molecule has 5 rings (SSSR count). The summed E-state index contributed by atoms with van der Waals surface area (Å²) in [4.78, 5) is 7.15. The minimum atomic E-state index is 0.270. The van der Waals surface area contributed by atoms with Crippen LogP contribution >= 0.6 is 23.1 Å². The van der Waals surface area contributed by atoms with Gasteiger partial charge in [-0.05, 0) is 56.3 Å². The predicted octanol–water partition coefficient (Wildman–Crippen LogP) is 6.12. The molecule has 0 N–H and O–H groups in total. The van der Waals surface area contributed by atoms with Crippen molar-refractivity contribution in [2.24, 2.45) is 0 Å². The summed E-state index contributed by atoms with van der Waals surface area (Å²) >= 11 is 3.26. The van der Waals surface area contributed by atoms with Crippen LogP contribution in [0.4, 0.5) is 5.69 Å². The minimum absolute atomic E-state index is 0.270. The summed E-state index contributed by atoms with van der Waals surface area (Å²) in [6.45, 7) is 11.1. The number of thioether (sulfide) groups is 1. The summed E-state index contributed by atoms with van der Waals surface area (Å²) in [6.07, 6.45) is 1.88. The molecule has 9 heteroatoms. The van der Waals surface area contributed by atoms with E-state index in [1.165, 1.54) is 5.69 Å². The van der Waals surface area contributed by atoms with E-state index in [2.05, 4.69) is 69.7 Å². The Bertz CT molecular complexity index is 1310. The lowest BCUT2D eigenvalue weighted by Gasteiger charge is -2.21. The monoisotopic (exact) mass is 505 g/mol. The van der Waals surface area contributed by atoms with Crippen molar-refractivity contribution in [3.63, 3.8) is 0 Å². The number of fused-ring (bicyclic) bond motifs is 1. The van der Waals surface area contributed by atoms with E-state index in [4.69, 9.17) is 14.5 Å². The van der Waals surface area contributed by atoms with Gasteiger partial charge in [0.2, 0.25) is 6.79 Å². The van der Waals surface area contributed by atoms with Crippen molar-refractivity contribution in [1.82, 2.24) is 19.7 Å². The summed E-state index contributed by atoms with van der Waals surface area (Å²) in [5.41, 5.74) is 4.29. The summed E-state index contributed by atoms with van der Waals surface area (Å²) in [5.74, 6) is 3.10. The molecule has 2 aromatic heterocycles. The summed E-state index contributed by atoms with van der Waals surface area (Å²) in [5, 5.41) is 12.9. The van der Waals surface area contributed by atoms with E-state index in [-0.39, 0.29) is 6.79 Å². The van der Waals surface area contributed by atoms with E-state index in [0.717, 1.165) is 57.4 Å². The van der Waals surface area contributed by atoms with E-state index < -0.39 is 0 Å². The maximum atomic E-state index is 5.50. The number of ether oxygens (including phenoxy) is 2. The van der Waals surface area contributed by atoms with Crippen molar-refractivity contribution >= 4 is 28.8 Å². The Hall–Kier alpha value is -3.30. The Balaban J connectivity index is 1.31. The number of anilines is 1. The van der Waals surface area contributed by atoms with Crippen molar-refractivity contribution in [3.05, 3.63) is 66.2 Å². The molecule has 7 nitrogen and oxygen atoms in total. The lowest BCUT2D eigenvalue weighted by molar-refractivity contribution is 0.174. The SMILES string of the molecule is C=CCn1c(SCc2csc(-c3ccc4c(c3)OCO4)n2)nnc1-c1ccc(N(CC)CC)cc1. The Morgan fingerprint density at radius 3 is 2.60 bits per heavy atom. The zero-order valence-corrected chi connectivity index (χ0v) is 21.4. The summed E-state index contributed by atoms with van der Waals surface area (Å²) in [7, 11) is 0. The average Bonchev–Trinajstić information content (AvgIpc) is 3.64. The fraction of sp³-hybridized carbons (Fsp3) is 0.269. The zero-order chi connectivity index (χ0) is 24.2. The molecular formula is C26H27N5O2S2. The number of rotatable bonds is 10. The second-order valence-corrected chi connectivity index (χ2v) is 9.73. The van der Waals surface area contributed by atoms with Crippen LogP contribution in [0.25, 0.3) is 22.0 Å². The molecule has 0 saturated carbocycles. The summed E-state index contributed by atoms with van der Waals surface area (Å²) in [6, 6.07) is 14.5. The van der Waals surface area contributed by atoms with Crippen molar-refractivity contribution < 1.29 is 9.47 Å². The maximum Gasteiger partial charge on any atom is 0.231 e. The van der Waals surface area contributed by atoms with Crippen molar-refractivity contribution in [2.75, 3.05) is 24.8 Å². The van der Waals surface area contributed by atoms with Crippen LogP contribution in [0.1, 0.15) is 19.5 Å². The van der Waals surface area contributed by atoms with Gasteiger partial charge in [0.05, 0.1) is 5.69 Å². The smallest absolute Gasteiger partial charge is 0.231 e. The quantitative estimate of drug-likeness (QED) is 0.190. The Morgan fingerprint density at radius 1 is 1.06 bits per heavy atom. The first-order chi connectivity index (χ1) is 17.2. The van der Waals surface area contributed by atoms with Gasteiger partial charge in [0.25, 0.3) is 0 Å². The zero-order valence-electron chi connectivity index (χ0n) is 19.8. The molecule has 35 heavy (non-hydrogen) atoms. The first-order valence-electron chi connectivity index (χ1n) is 11.6. The van der Waals surface area contributed by atoms with Gasteiger partial charge in [-0.25, -0.2) is 4.98 Å². The fourth-order valence-electron chi connectivity index (χ4n) is 3.99. The van der Waals surface area contributed by atoms with Gasteiger partial charge in [-0.3, -0.25) is 4.57 Å². The highest BCUT2D eigenvalue weighted by Gasteiger charge is 2.17. The van der Waals surface area contributed by atoms with Crippen LogP contribution < -0.4 is 14.4 Å². The number of nitrogens with zero attached hydrogens (tertiary/aromatic N) is 5. The first kappa shape index (κ1) is 23.4. The second-order valence-electron chi connectivity index (χ2n) is 7.93. The molecule has 0 bridgehead atoms. The molecule has 0 aliphatic carbocycles. The Kier molecular flexibility index (Phi) is 7.06. The molecule has 0 atom stereocenters. The van der Waals surface area contributed by atoms with Crippen LogP contribution in [0.2, 0.25) is 0 Å². The van der Waals surface area contributed by atoms with Gasteiger partial charge < -0.3 is 14.4 Å². The van der Waals surface area contributed by atoms with E-state index in [1.54, 1.807) is 23.1 Å². The van der Waals surface area contributed by atoms with Crippen molar-refractivity contribution in [2.45, 2.75) is 31.3 Å². The minimum Gasteiger partial charge on any atom is -0.454 e. The van der Waals surface area contributed by atoms with Crippen LogP contribution in [-0.4, -0.2) is 39.6 Å². The molecule has 1 aliphatic rings. The summed E-state index contributed by atoms with van der Waals surface area (Å²) < 4.78 is 13.0. The normalized spacial score (nSPS) is 12.2. The third-order valence-corrected chi connectivity index (χ3v) is 7.74. The third-order valence-electron chi connectivity index (χ3n) is 5.80. The molecule has 0 fully saturated rings. The molecule has 3 heterocycles. The largest absolute Gasteiger partial charge is 0.454 e. The van der Waals surface area contributed by atoms with Crippen LogP contribution in [0.5, 0.6) is 11.5 Å². The third kappa shape index (κ3) is 4.92. The van der Waals surface area contributed by atoms with Gasteiger partial charge in [-0.15, -0.1) is 28.1 Å². The second kappa shape index (κ2) is 10.5. The molecule has 0 radical (unpaired) electrons.